The summed E-state index contributed by atoms with van der Waals surface area (Å²) in [6.07, 6.45) is -13.2. The van der Waals surface area contributed by atoms with Gasteiger partial charge in [0.15, 0.2) is 92.7 Å². The van der Waals surface area contributed by atoms with Crippen LogP contribution in [0, 0.1) is 0 Å². The van der Waals surface area contributed by atoms with Gasteiger partial charge in [-0.3, -0.25) is 0 Å². The van der Waals surface area contributed by atoms with E-state index in [1.807, 2.05) is 0 Å². The lowest BCUT2D eigenvalue weighted by Crippen LogP contribution is -2.63. The molecule has 0 saturated carbocycles. The number of phenolic OH excluding ortho intramolecular Hbond substituents is 17. The molecular formula is C48H34O31. The Morgan fingerprint density at radius 3 is 1.39 bits per heavy atom. The van der Waals surface area contributed by atoms with Crippen molar-refractivity contribution in [3.05, 3.63) is 88.0 Å². The van der Waals surface area contributed by atoms with Crippen molar-refractivity contribution in [3.63, 3.8) is 0 Å². The van der Waals surface area contributed by atoms with E-state index in [4.69, 9.17) is 33.2 Å². The van der Waals surface area contributed by atoms with Crippen molar-refractivity contribution in [1.29, 1.82) is 0 Å². The number of carbonyl (C=O) groups is 6. The van der Waals surface area contributed by atoms with Crippen molar-refractivity contribution in [2.24, 2.45) is 0 Å². The van der Waals surface area contributed by atoms with E-state index in [1.54, 1.807) is 0 Å². The number of ether oxygens (including phenoxy) is 7. The highest BCUT2D eigenvalue weighted by Gasteiger charge is 2.55. The van der Waals surface area contributed by atoms with E-state index in [-0.39, 0.29) is 0 Å². The molecule has 6 aromatic carbocycles. The van der Waals surface area contributed by atoms with Gasteiger partial charge in [0.1, 0.15) is 18.3 Å². The first-order valence-corrected chi connectivity index (χ1v) is 21.6. The molecule has 412 valence electrons. The molecule has 0 amide bonds. The second kappa shape index (κ2) is 20.0. The molecule has 31 heteroatoms. The largest absolute Gasteiger partial charge is 0.504 e. The molecule has 0 radical (unpaired) electrons. The van der Waals surface area contributed by atoms with Crippen molar-refractivity contribution in [2.45, 2.75) is 30.7 Å². The molecule has 79 heavy (non-hydrogen) atoms. The Labute approximate surface area is 434 Å². The average molecular weight is 1110 g/mol. The highest BCUT2D eigenvalue weighted by molar-refractivity contribution is 6.08. The standard InChI is InChI=1S/C48H34O31/c49-17-2-12(3-18(50)30(17)57)43(68)77-40-39-26(10-73-45(70)14-7-22(54)33(60)36(63)27(14)28-15(46(71)76-39)8-23(55)34(61)37(28)64)75-48(79-44(69)13-4-19(51)31(58)20(52)5-13)41(40)78-47(72)16-9-25(35(62)38(65)29(16)56)74-24-6-11(42(66)67)1-21(53)32(24)59/h1-9,26,39-41,48-65H,10H2,(H,66,67)/t26-,39-,40+,41-,48+/m1/s1. The van der Waals surface area contributed by atoms with E-state index in [9.17, 15) is 121 Å². The van der Waals surface area contributed by atoms with Crippen molar-refractivity contribution in [2.75, 3.05) is 6.61 Å². The number of carboxylic acids is 1. The molecule has 5 atom stereocenters. The number of benzene rings is 6. The van der Waals surface area contributed by atoms with E-state index >= 15 is 0 Å². The minimum absolute atomic E-state index is 0.329. The van der Waals surface area contributed by atoms with Gasteiger partial charge in [0.05, 0.1) is 27.8 Å². The van der Waals surface area contributed by atoms with Gasteiger partial charge >= 0.3 is 35.8 Å². The Morgan fingerprint density at radius 1 is 0.430 bits per heavy atom. The van der Waals surface area contributed by atoms with Crippen LogP contribution in [-0.2, 0) is 28.4 Å². The zero-order valence-corrected chi connectivity index (χ0v) is 38.6. The lowest BCUT2D eigenvalue weighted by atomic mass is 9.92. The van der Waals surface area contributed by atoms with Crippen molar-refractivity contribution < 1.29 is 154 Å². The average Bonchev–Trinajstić information content (AvgIpc) is 3.60. The van der Waals surface area contributed by atoms with Crippen LogP contribution in [-0.4, -0.2) is 165 Å². The fraction of sp³-hybridized carbons (Fsp3) is 0.125. The number of rotatable bonds is 9. The number of aromatic hydroxyl groups is 17. The lowest BCUT2D eigenvalue weighted by molar-refractivity contribution is -0.282. The number of fused-ring (bicyclic) bond motifs is 4. The summed E-state index contributed by atoms with van der Waals surface area (Å²) in [6, 6.07) is 4.14. The quantitative estimate of drug-likeness (QED) is 0.0562. The molecule has 18 N–H and O–H groups in total. The molecule has 0 unspecified atom stereocenters. The Morgan fingerprint density at radius 2 is 0.873 bits per heavy atom. The topological polar surface area (TPSA) is 531 Å². The summed E-state index contributed by atoms with van der Waals surface area (Å²) in [7, 11) is 0. The molecule has 1 saturated heterocycles. The van der Waals surface area contributed by atoms with Gasteiger partial charge in [-0.1, -0.05) is 0 Å². The molecule has 6 aromatic rings. The molecular weight excluding hydrogens is 1070 g/mol. The van der Waals surface area contributed by atoms with Gasteiger partial charge in [0.2, 0.25) is 41.1 Å². The predicted molar refractivity (Wildman–Crippen MR) is 245 cm³/mol. The van der Waals surface area contributed by atoms with Gasteiger partial charge in [0, 0.05) is 17.2 Å². The Hall–Kier alpha value is -11.5. The smallest absolute Gasteiger partial charge is 0.342 e. The maximum Gasteiger partial charge on any atom is 0.342 e. The lowest BCUT2D eigenvalue weighted by Gasteiger charge is -2.43. The van der Waals surface area contributed by atoms with Crippen LogP contribution in [0.4, 0.5) is 0 Å². The van der Waals surface area contributed by atoms with Crippen LogP contribution >= 0.6 is 0 Å². The molecule has 0 spiro atoms. The zero-order valence-electron chi connectivity index (χ0n) is 38.6. The molecule has 0 aliphatic carbocycles. The van der Waals surface area contributed by atoms with Crippen LogP contribution in [0.5, 0.6) is 109 Å². The Bertz CT molecular complexity index is 3580. The van der Waals surface area contributed by atoms with Crippen molar-refractivity contribution >= 4 is 35.8 Å². The van der Waals surface area contributed by atoms with Crippen LogP contribution in [0.3, 0.4) is 0 Å². The fourth-order valence-corrected chi connectivity index (χ4v) is 7.82. The molecule has 0 bridgehead atoms. The number of aromatic carboxylic acids is 1. The number of hydrogen-bond donors (Lipinski definition) is 18. The normalized spacial score (nSPS) is 17.7. The summed E-state index contributed by atoms with van der Waals surface area (Å²) in [4.78, 5) is 83.0. The summed E-state index contributed by atoms with van der Waals surface area (Å²) >= 11 is 0. The van der Waals surface area contributed by atoms with Gasteiger partial charge in [-0.05, 0) is 48.5 Å². The minimum atomic E-state index is -2.81. The van der Waals surface area contributed by atoms with E-state index in [0.29, 0.717) is 54.6 Å². The third kappa shape index (κ3) is 9.63. The SMILES string of the molecule is O=C(O)c1cc(O)c(O)c(Oc2cc(C(=O)O[C@H]3[C@H](OC(=O)c4cc(O)c(O)c(O)c4)O[C@@H]4COC(=O)c5cc(O)c(O)c(O)c5-c5c(cc(O)c(O)c5O)C(=O)O[C@H]4[C@@H]3OC(=O)c3cc(O)c(O)c(O)c3)c(O)c(O)c2O)c1. The van der Waals surface area contributed by atoms with Gasteiger partial charge in [-0.15, -0.1) is 0 Å². The highest BCUT2D eigenvalue weighted by atomic mass is 16.7. The second-order valence-electron chi connectivity index (χ2n) is 16.6. The van der Waals surface area contributed by atoms with E-state index in [2.05, 4.69) is 0 Å². The number of carboxylic acid groups (broad SMARTS) is 1. The van der Waals surface area contributed by atoms with Gasteiger partial charge < -0.3 is 125 Å². The third-order valence-electron chi connectivity index (χ3n) is 11.7. The van der Waals surface area contributed by atoms with Crippen molar-refractivity contribution in [3.8, 4) is 120 Å². The van der Waals surface area contributed by atoms with Crippen molar-refractivity contribution in [1.82, 2.24) is 0 Å². The number of phenols is 17. The molecule has 1 fully saturated rings. The number of hydrogen-bond acceptors (Lipinski definition) is 30. The summed E-state index contributed by atoms with van der Waals surface area (Å²) < 4.78 is 38.9. The number of carbonyl (C=O) groups excluding carboxylic acids is 5. The summed E-state index contributed by atoms with van der Waals surface area (Å²) in [5.41, 5.74) is -8.42. The zero-order chi connectivity index (χ0) is 58.0. The Kier molecular flexibility index (Phi) is 13.6. The molecule has 2 aliphatic heterocycles. The van der Waals surface area contributed by atoms with Crippen LogP contribution in [0.1, 0.15) is 62.1 Å². The summed E-state index contributed by atoms with van der Waals surface area (Å²) in [6.45, 7) is -1.37. The number of cyclic esters (lactones) is 1. The van der Waals surface area contributed by atoms with E-state index < -0.39 is 227 Å². The molecule has 2 heterocycles. The maximum absolute atomic E-state index is 14.6. The third-order valence-corrected chi connectivity index (χ3v) is 11.7. The Balaban J connectivity index is 1.33. The first-order chi connectivity index (χ1) is 37.1. The maximum atomic E-state index is 14.6. The molecule has 31 nitrogen and oxygen atoms in total. The second-order valence-corrected chi connectivity index (χ2v) is 16.6. The fourth-order valence-electron chi connectivity index (χ4n) is 7.82. The van der Waals surface area contributed by atoms with Gasteiger partial charge in [0.25, 0.3) is 0 Å². The van der Waals surface area contributed by atoms with E-state index in [1.165, 1.54) is 0 Å². The summed E-state index contributed by atoms with van der Waals surface area (Å²) in [5.74, 6) is -35.6. The van der Waals surface area contributed by atoms with Crippen LogP contribution in [0.15, 0.2) is 54.6 Å². The number of esters is 5. The van der Waals surface area contributed by atoms with Crippen LogP contribution in [0.25, 0.3) is 11.1 Å². The van der Waals surface area contributed by atoms with E-state index in [0.717, 1.165) is 0 Å². The van der Waals surface area contributed by atoms with Gasteiger partial charge in [-0.2, -0.15) is 0 Å². The molecule has 0 aromatic heterocycles. The highest BCUT2D eigenvalue weighted by Crippen LogP contribution is 2.54. The summed E-state index contributed by atoms with van der Waals surface area (Å²) in [5, 5.41) is 188. The minimum Gasteiger partial charge on any atom is -0.504 e. The monoisotopic (exact) mass is 1110 g/mol. The molecule has 2 aliphatic rings. The van der Waals surface area contributed by atoms with Gasteiger partial charge in [-0.25, -0.2) is 28.8 Å². The first kappa shape index (κ1) is 53.8. The predicted octanol–water partition coefficient (Wildman–Crippen LogP) is 2.57. The first-order valence-electron chi connectivity index (χ1n) is 21.6. The van der Waals surface area contributed by atoms with Crippen LogP contribution < -0.4 is 4.74 Å². The molecule has 8 rings (SSSR count). The van der Waals surface area contributed by atoms with Crippen LogP contribution in [0.2, 0.25) is 0 Å².